The molecule has 1 aromatic heterocycles. The molecule has 1 aliphatic heterocycles. The Morgan fingerprint density at radius 2 is 1.97 bits per heavy atom. The van der Waals surface area contributed by atoms with Crippen LogP contribution in [-0.4, -0.2) is 46.9 Å². The smallest absolute Gasteiger partial charge is 0.465 e. The number of nitrogens with one attached hydrogen (secondary N) is 2. The van der Waals surface area contributed by atoms with E-state index in [1.54, 1.807) is 18.2 Å². The minimum absolute atomic E-state index is 0.140. The minimum Gasteiger partial charge on any atom is -0.465 e. The molecule has 1 atom stereocenters. The first-order valence-electron chi connectivity index (χ1n) is 9.89. The number of hydrogen-bond acceptors (Lipinski definition) is 5. The van der Waals surface area contributed by atoms with E-state index in [0.29, 0.717) is 17.8 Å². The van der Waals surface area contributed by atoms with Crippen molar-refractivity contribution >= 4 is 17.7 Å². The van der Waals surface area contributed by atoms with Gasteiger partial charge in [-0.2, -0.15) is 0 Å². The molecule has 4 rings (SSSR count). The van der Waals surface area contributed by atoms with E-state index < -0.39 is 30.2 Å². The van der Waals surface area contributed by atoms with Crippen molar-refractivity contribution in [2.45, 2.75) is 18.8 Å². The summed E-state index contributed by atoms with van der Waals surface area (Å²) < 4.78 is 48.0. The van der Waals surface area contributed by atoms with E-state index in [1.165, 1.54) is 48.7 Å². The van der Waals surface area contributed by atoms with Crippen LogP contribution in [0.15, 0.2) is 54.9 Å². The standard InChI is InChI=1S/C22H19F3N4O4/c1-32-20(30)13-5-4-6-14(11-13)28-21(31)29-10-9-16-18(27-12-26-16)19(29)15-7-2-3-8-17(15)33-22(23,24)25/h2-8,11-12,19H,9-10H2,1H3,(H,26,27)(H,28,31). The average Bonchev–Trinajstić information content (AvgIpc) is 3.26. The Hall–Kier alpha value is -4.02. The molecule has 2 N–H and O–H groups in total. The van der Waals surface area contributed by atoms with Gasteiger partial charge in [0.25, 0.3) is 0 Å². The van der Waals surface area contributed by atoms with Crippen LogP contribution in [0.25, 0.3) is 0 Å². The zero-order valence-corrected chi connectivity index (χ0v) is 17.3. The molecule has 11 heteroatoms. The highest BCUT2D eigenvalue weighted by molar-refractivity contribution is 5.94. The number of carbonyl (C=O) groups is 2. The van der Waals surface area contributed by atoms with Gasteiger partial charge in [0, 0.05) is 29.9 Å². The molecule has 2 aromatic carbocycles. The lowest BCUT2D eigenvalue weighted by Crippen LogP contribution is -2.43. The molecule has 172 valence electrons. The van der Waals surface area contributed by atoms with Crippen LogP contribution in [0.4, 0.5) is 23.7 Å². The van der Waals surface area contributed by atoms with Crippen molar-refractivity contribution in [1.29, 1.82) is 0 Å². The number of nitrogens with zero attached hydrogens (tertiary/aromatic N) is 2. The quantitative estimate of drug-likeness (QED) is 0.567. The average molecular weight is 460 g/mol. The molecule has 0 aliphatic carbocycles. The predicted molar refractivity (Wildman–Crippen MR) is 111 cm³/mol. The fourth-order valence-corrected chi connectivity index (χ4v) is 3.77. The first-order valence-corrected chi connectivity index (χ1v) is 9.89. The molecule has 0 saturated heterocycles. The highest BCUT2D eigenvalue weighted by Crippen LogP contribution is 2.39. The molecule has 2 amide bonds. The summed E-state index contributed by atoms with van der Waals surface area (Å²) in [5.41, 5.74) is 1.86. The number of fused-ring (bicyclic) bond motifs is 1. The van der Waals surface area contributed by atoms with Crippen LogP contribution < -0.4 is 10.1 Å². The van der Waals surface area contributed by atoms with Crippen molar-refractivity contribution in [1.82, 2.24) is 14.9 Å². The van der Waals surface area contributed by atoms with Crippen LogP contribution >= 0.6 is 0 Å². The number of esters is 1. The van der Waals surface area contributed by atoms with Gasteiger partial charge in [-0.1, -0.05) is 24.3 Å². The fourth-order valence-electron chi connectivity index (χ4n) is 3.77. The summed E-state index contributed by atoms with van der Waals surface area (Å²) in [5, 5.41) is 2.70. The monoisotopic (exact) mass is 460 g/mol. The summed E-state index contributed by atoms with van der Waals surface area (Å²) in [5.74, 6) is -0.988. The lowest BCUT2D eigenvalue weighted by molar-refractivity contribution is -0.275. The molecule has 0 radical (unpaired) electrons. The first kappa shape index (κ1) is 22.2. The molecule has 0 bridgehead atoms. The zero-order chi connectivity index (χ0) is 23.6. The van der Waals surface area contributed by atoms with Crippen molar-refractivity contribution in [2.24, 2.45) is 0 Å². The number of urea groups is 1. The number of anilines is 1. The third kappa shape index (κ3) is 4.76. The second-order valence-corrected chi connectivity index (χ2v) is 7.20. The van der Waals surface area contributed by atoms with Gasteiger partial charge >= 0.3 is 18.4 Å². The Kier molecular flexibility index (Phi) is 5.95. The van der Waals surface area contributed by atoms with E-state index in [9.17, 15) is 22.8 Å². The highest BCUT2D eigenvalue weighted by Gasteiger charge is 2.38. The van der Waals surface area contributed by atoms with Gasteiger partial charge in [0.05, 0.1) is 24.7 Å². The van der Waals surface area contributed by atoms with Crippen LogP contribution in [0.1, 0.15) is 33.4 Å². The Morgan fingerprint density at radius 1 is 1.18 bits per heavy atom. The number of para-hydroxylation sites is 1. The van der Waals surface area contributed by atoms with E-state index in [-0.39, 0.29) is 17.7 Å². The number of ether oxygens (including phenoxy) is 2. The number of hydrogen-bond donors (Lipinski definition) is 2. The van der Waals surface area contributed by atoms with Gasteiger partial charge < -0.3 is 24.7 Å². The molecule has 0 saturated carbocycles. The number of carbonyl (C=O) groups excluding carboxylic acids is 2. The van der Waals surface area contributed by atoms with Gasteiger partial charge in [0.15, 0.2) is 0 Å². The third-order valence-corrected chi connectivity index (χ3v) is 5.16. The van der Waals surface area contributed by atoms with Crippen molar-refractivity contribution in [3.05, 3.63) is 77.4 Å². The second kappa shape index (κ2) is 8.85. The van der Waals surface area contributed by atoms with Crippen molar-refractivity contribution in [2.75, 3.05) is 19.0 Å². The van der Waals surface area contributed by atoms with Gasteiger partial charge in [0.1, 0.15) is 11.8 Å². The number of aromatic nitrogens is 2. The number of benzene rings is 2. The van der Waals surface area contributed by atoms with E-state index in [2.05, 4.69) is 20.0 Å². The molecule has 0 fully saturated rings. The van der Waals surface area contributed by atoms with Crippen molar-refractivity contribution < 1.29 is 32.2 Å². The number of alkyl halides is 3. The summed E-state index contributed by atoms with van der Waals surface area (Å²) in [7, 11) is 1.24. The maximum Gasteiger partial charge on any atom is 0.573 e. The zero-order valence-electron chi connectivity index (χ0n) is 17.3. The van der Waals surface area contributed by atoms with Gasteiger partial charge in [-0.3, -0.25) is 0 Å². The number of amides is 2. The van der Waals surface area contributed by atoms with Crippen LogP contribution in [0.5, 0.6) is 5.75 Å². The number of aromatic amines is 1. The first-order chi connectivity index (χ1) is 15.8. The summed E-state index contributed by atoms with van der Waals surface area (Å²) >= 11 is 0. The van der Waals surface area contributed by atoms with Crippen molar-refractivity contribution in [3.63, 3.8) is 0 Å². The lowest BCUT2D eigenvalue weighted by atomic mass is 9.95. The van der Waals surface area contributed by atoms with Crippen LogP contribution in [0.3, 0.4) is 0 Å². The highest BCUT2D eigenvalue weighted by atomic mass is 19.4. The summed E-state index contributed by atoms with van der Waals surface area (Å²) in [6.07, 6.45) is -3.03. The molecular formula is C22H19F3N4O4. The molecule has 1 aliphatic rings. The van der Waals surface area contributed by atoms with Crippen LogP contribution in [0.2, 0.25) is 0 Å². The van der Waals surface area contributed by atoms with Crippen LogP contribution in [0, 0.1) is 0 Å². The Morgan fingerprint density at radius 3 is 2.73 bits per heavy atom. The number of methoxy groups -OCH3 is 1. The summed E-state index contributed by atoms with van der Waals surface area (Å²) in [6.45, 7) is 0.211. The maximum absolute atomic E-state index is 13.2. The van der Waals surface area contributed by atoms with Gasteiger partial charge in [-0.15, -0.1) is 13.2 Å². The molecule has 2 heterocycles. The van der Waals surface area contributed by atoms with E-state index >= 15 is 0 Å². The number of rotatable bonds is 4. The van der Waals surface area contributed by atoms with Gasteiger partial charge in [-0.05, 0) is 24.3 Å². The fraction of sp³-hybridized carbons (Fsp3) is 0.227. The molecule has 0 spiro atoms. The molecule has 3 aromatic rings. The van der Waals surface area contributed by atoms with Gasteiger partial charge in [0.2, 0.25) is 0 Å². The Labute approximate surface area is 186 Å². The molecule has 33 heavy (non-hydrogen) atoms. The normalized spacial score (nSPS) is 15.5. The summed E-state index contributed by atoms with van der Waals surface area (Å²) in [6, 6.07) is 10.3. The Bertz CT molecular complexity index is 1180. The predicted octanol–water partition coefficient (Wildman–Crippen LogP) is 4.27. The minimum atomic E-state index is -4.90. The lowest BCUT2D eigenvalue weighted by Gasteiger charge is -2.36. The van der Waals surface area contributed by atoms with E-state index in [1.807, 2.05) is 0 Å². The molecule has 1 unspecified atom stereocenters. The molecular weight excluding hydrogens is 441 g/mol. The second-order valence-electron chi connectivity index (χ2n) is 7.20. The van der Waals surface area contributed by atoms with E-state index in [4.69, 9.17) is 4.74 Å². The summed E-state index contributed by atoms with van der Waals surface area (Å²) in [4.78, 5) is 33.6. The number of H-pyrrole nitrogens is 1. The number of imidazole rings is 1. The largest absolute Gasteiger partial charge is 0.573 e. The third-order valence-electron chi connectivity index (χ3n) is 5.16. The number of halogens is 3. The SMILES string of the molecule is COC(=O)c1cccc(NC(=O)N2CCc3[nH]cnc3C2c2ccccc2OC(F)(F)F)c1. The maximum atomic E-state index is 13.2. The Balaban J connectivity index is 1.69. The van der Waals surface area contributed by atoms with Crippen LogP contribution in [-0.2, 0) is 11.2 Å². The van der Waals surface area contributed by atoms with Gasteiger partial charge in [-0.25, -0.2) is 14.6 Å². The topological polar surface area (TPSA) is 96.6 Å². The molecule has 8 nitrogen and oxygen atoms in total. The van der Waals surface area contributed by atoms with E-state index in [0.717, 1.165) is 5.69 Å². The van der Waals surface area contributed by atoms with Crippen molar-refractivity contribution in [3.8, 4) is 5.75 Å².